The van der Waals surface area contributed by atoms with E-state index in [0.717, 1.165) is 5.56 Å². The molecule has 0 bridgehead atoms. The van der Waals surface area contributed by atoms with Crippen molar-refractivity contribution in [3.8, 4) is 11.5 Å². The van der Waals surface area contributed by atoms with Crippen LogP contribution in [0.1, 0.15) is 34.0 Å². The largest absolute Gasteiger partial charge is 0.497 e. The molecular weight excluding hydrogens is 252 g/mol. The van der Waals surface area contributed by atoms with E-state index in [9.17, 15) is 4.79 Å². The zero-order valence-electron chi connectivity index (χ0n) is 11.6. The average molecular weight is 268 g/mol. The highest BCUT2D eigenvalue weighted by atomic mass is 16.5. The Morgan fingerprint density at radius 3 is 2.60 bits per heavy atom. The summed E-state index contributed by atoms with van der Waals surface area (Å²) in [6, 6.07) is 13.4. The first-order valence-electron chi connectivity index (χ1n) is 6.62. The molecule has 0 fully saturated rings. The molecule has 1 atom stereocenters. The summed E-state index contributed by atoms with van der Waals surface area (Å²) in [7, 11) is 1.59. The molecule has 3 rings (SSSR count). The summed E-state index contributed by atoms with van der Waals surface area (Å²) in [5.74, 6) is 1.40. The van der Waals surface area contributed by atoms with E-state index in [1.807, 2.05) is 37.3 Å². The van der Waals surface area contributed by atoms with Crippen LogP contribution in [0.5, 0.6) is 11.5 Å². The maximum absolute atomic E-state index is 12.3. The van der Waals surface area contributed by atoms with Crippen molar-refractivity contribution in [1.82, 2.24) is 0 Å². The van der Waals surface area contributed by atoms with Crippen molar-refractivity contribution in [1.29, 1.82) is 0 Å². The molecule has 2 aromatic carbocycles. The Morgan fingerprint density at radius 2 is 1.90 bits per heavy atom. The van der Waals surface area contributed by atoms with Crippen LogP contribution in [0.25, 0.3) is 0 Å². The van der Waals surface area contributed by atoms with Gasteiger partial charge in [0.2, 0.25) is 0 Å². The lowest BCUT2D eigenvalue weighted by atomic mass is 9.96. The average Bonchev–Trinajstić information content (AvgIpc) is 2.47. The summed E-state index contributed by atoms with van der Waals surface area (Å²) in [5.41, 5.74) is 2.83. The molecule has 0 radical (unpaired) electrons. The fraction of sp³-hybridized carbons (Fsp3) is 0.235. The Kier molecular flexibility index (Phi) is 3.18. The highest BCUT2D eigenvalue weighted by molar-refractivity contribution is 6.00. The van der Waals surface area contributed by atoms with E-state index < -0.39 is 0 Å². The number of methoxy groups -OCH3 is 1. The quantitative estimate of drug-likeness (QED) is 0.833. The third kappa shape index (κ3) is 2.27. The molecule has 0 saturated heterocycles. The number of fused-ring (bicyclic) bond motifs is 1. The zero-order valence-corrected chi connectivity index (χ0v) is 11.6. The van der Waals surface area contributed by atoms with Gasteiger partial charge in [-0.3, -0.25) is 4.79 Å². The number of aryl methyl sites for hydroxylation is 1. The molecule has 1 unspecified atom stereocenters. The van der Waals surface area contributed by atoms with Gasteiger partial charge in [0.25, 0.3) is 0 Å². The molecular formula is C17H16O3. The Labute approximate surface area is 118 Å². The van der Waals surface area contributed by atoms with Crippen LogP contribution in [-0.2, 0) is 0 Å². The first kappa shape index (κ1) is 12.7. The van der Waals surface area contributed by atoms with Gasteiger partial charge in [-0.2, -0.15) is 0 Å². The molecule has 1 aliphatic heterocycles. The minimum absolute atomic E-state index is 0.0933. The standard InChI is InChI=1S/C17H16O3/c1-11-3-5-12(6-4-11)17-10-15(18)14-9-13(19-2)7-8-16(14)20-17/h3-9,17H,10H2,1-2H3. The summed E-state index contributed by atoms with van der Waals surface area (Å²) in [4.78, 5) is 12.3. The van der Waals surface area contributed by atoms with E-state index in [-0.39, 0.29) is 11.9 Å². The molecule has 0 spiro atoms. The molecule has 0 amide bonds. The lowest BCUT2D eigenvalue weighted by Crippen LogP contribution is -2.20. The minimum Gasteiger partial charge on any atom is -0.497 e. The Balaban J connectivity index is 1.92. The normalized spacial score (nSPS) is 17.3. The van der Waals surface area contributed by atoms with Gasteiger partial charge in [-0.25, -0.2) is 0 Å². The van der Waals surface area contributed by atoms with Gasteiger partial charge in [-0.15, -0.1) is 0 Å². The van der Waals surface area contributed by atoms with Crippen LogP contribution in [0.2, 0.25) is 0 Å². The van der Waals surface area contributed by atoms with Gasteiger partial charge >= 0.3 is 0 Å². The maximum atomic E-state index is 12.3. The van der Waals surface area contributed by atoms with E-state index >= 15 is 0 Å². The monoisotopic (exact) mass is 268 g/mol. The van der Waals surface area contributed by atoms with Gasteiger partial charge in [-0.05, 0) is 30.7 Å². The Hall–Kier alpha value is -2.29. The van der Waals surface area contributed by atoms with Gasteiger partial charge in [0.1, 0.15) is 17.6 Å². The summed E-state index contributed by atoms with van der Waals surface area (Å²) in [5, 5.41) is 0. The van der Waals surface area contributed by atoms with E-state index in [4.69, 9.17) is 9.47 Å². The summed E-state index contributed by atoms with van der Waals surface area (Å²) >= 11 is 0. The molecule has 1 aliphatic rings. The molecule has 0 aromatic heterocycles. The molecule has 3 nitrogen and oxygen atoms in total. The van der Waals surface area contributed by atoms with Crippen molar-refractivity contribution in [3.63, 3.8) is 0 Å². The van der Waals surface area contributed by atoms with Crippen LogP contribution >= 0.6 is 0 Å². The van der Waals surface area contributed by atoms with Crippen LogP contribution < -0.4 is 9.47 Å². The van der Waals surface area contributed by atoms with Crippen molar-refractivity contribution < 1.29 is 14.3 Å². The van der Waals surface area contributed by atoms with Crippen molar-refractivity contribution in [2.75, 3.05) is 7.11 Å². The second-order valence-corrected chi connectivity index (χ2v) is 5.01. The van der Waals surface area contributed by atoms with Crippen LogP contribution in [-0.4, -0.2) is 12.9 Å². The number of ether oxygens (including phenoxy) is 2. The minimum atomic E-state index is -0.205. The van der Waals surface area contributed by atoms with Crippen molar-refractivity contribution in [3.05, 3.63) is 59.2 Å². The number of carbonyl (C=O) groups excluding carboxylic acids is 1. The summed E-state index contributed by atoms with van der Waals surface area (Å²) < 4.78 is 11.1. The highest BCUT2D eigenvalue weighted by Crippen LogP contribution is 2.36. The van der Waals surface area contributed by atoms with E-state index in [1.54, 1.807) is 19.2 Å². The van der Waals surface area contributed by atoms with Crippen molar-refractivity contribution >= 4 is 5.78 Å². The number of hydrogen-bond acceptors (Lipinski definition) is 3. The van der Waals surface area contributed by atoms with Crippen molar-refractivity contribution in [2.45, 2.75) is 19.4 Å². The number of hydrogen-bond donors (Lipinski definition) is 0. The van der Waals surface area contributed by atoms with E-state index in [2.05, 4.69) is 0 Å². The lowest BCUT2D eigenvalue weighted by molar-refractivity contribution is 0.0849. The third-order valence-corrected chi connectivity index (χ3v) is 3.58. The number of benzene rings is 2. The zero-order chi connectivity index (χ0) is 14.1. The summed E-state index contributed by atoms with van der Waals surface area (Å²) in [6.45, 7) is 2.04. The molecule has 0 N–H and O–H groups in total. The molecule has 3 heteroatoms. The van der Waals surface area contributed by atoms with Gasteiger partial charge < -0.3 is 9.47 Å². The topological polar surface area (TPSA) is 35.5 Å². The SMILES string of the molecule is COc1ccc2c(c1)C(=O)CC(c1ccc(C)cc1)O2. The van der Waals surface area contributed by atoms with Crippen LogP contribution in [0.4, 0.5) is 0 Å². The Morgan fingerprint density at radius 1 is 1.15 bits per heavy atom. The van der Waals surface area contributed by atoms with Crippen LogP contribution in [0.15, 0.2) is 42.5 Å². The van der Waals surface area contributed by atoms with Crippen LogP contribution in [0, 0.1) is 6.92 Å². The number of ketones is 1. The predicted octanol–water partition coefficient (Wildman–Crippen LogP) is 3.71. The van der Waals surface area contributed by atoms with Crippen molar-refractivity contribution in [2.24, 2.45) is 0 Å². The first-order valence-corrected chi connectivity index (χ1v) is 6.62. The fourth-order valence-electron chi connectivity index (χ4n) is 2.40. The third-order valence-electron chi connectivity index (χ3n) is 3.58. The molecule has 1 heterocycles. The first-order chi connectivity index (χ1) is 9.67. The number of carbonyl (C=O) groups is 1. The Bertz CT molecular complexity index is 644. The molecule has 20 heavy (non-hydrogen) atoms. The second-order valence-electron chi connectivity index (χ2n) is 5.01. The van der Waals surface area contributed by atoms with Crippen LogP contribution in [0.3, 0.4) is 0 Å². The van der Waals surface area contributed by atoms with E-state index in [1.165, 1.54) is 5.56 Å². The fourth-order valence-corrected chi connectivity index (χ4v) is 2.40. The van der Waals surface area contributed by atoms with E-state index in [0.29, 0.717) is 23.5 Å². The predicted molar refractivity (Wildman–Crippen MR) is 76.5 cm³/mol. The molecule has 0 aliphatic carbocycles. The number of Topliss-reactive ketones (excluding diaryl/α,β-unsaturated/α-hetero) is 1. The molecule has 2 aromatic rings. The smallest absolute Gasteiger partial charge is 0.170 e. The molecule has 0 saturated carbocycles. The van der Waals surface area contributed by atoms with Gasteiger partial charge in [0.05, 0.1) is 19.1 Å². The van der Waals surface area contributed by atoms with Gasteiger partial charge in [-0.1, -0.05) is 29.8 Å². The van der Waals surface area contributed by atoms with Gasteiger partial charge in [0, 0.05) is 0 Å². The maximum Gasteiger partial charge on any atom is 0.170 e. The highest BCUT2D eigenvalue weighted by Gasteiger charge is 2.27. The summed E-state index contributed by atoms with van der Waals surface area (Å²) in [6.07, 6.45) is 0.160. The lowest BCUT2D eigenvalue weighted by Gasteiger charge is -2.25. The second kappa shape index (κ2) is 5.00. The molecule has 102 valence electrons. The number of rotatable bonds is 2. The van der Waals surface area contributed by atoms with Gasteiger partial charge in [0.15, 0.2) is 5.78 Å².